The molecule has 4 nitrogen and oxygen atoms in total. The number of rotatable bonds is 2. The van der Waals surface area contributed by atoms with Crippen molar-refractivity contribution in [1.29, 1.82) is 0 Å². The van der Waals surface area contributed by atoms with Gasteiger partial charge in [-0.15, -0.1) is 6.58 Å². The first-order chi connectivity index (χ1) is 9.28. The first kappa shape index (κ1) is 12.8. The molecule has 2 saturated heterocycles. The van der Waals surface area contributed by atoms with Crippen molar-refractivity contribution < 1.29 is 19.3 Å². The third kappa shape index (κ3) is 2.58. The standard InChI is InChI=1S/C15H18O4/c1-2-12-11(16)8-13-14(18-12)9-17-15(19-13)10-6-4-3-5-7-10/h2-7,11-16H,1,8-9H2/t11-,12+,13?,14-,15-/m1/s1. The summed E-state index contributed by atoms with van der Waals surface area (Å²) in [7, 11) is 0. The van der Waals surface area contributed by atoms with Crippen LogP contribution < -0.4 is 0 Å². The Bertz CT molecular complexity index is 433. The molecule has 2 aliphatic heterocycles. The molecular formula is C15H18O4. The lowest BCUT2D eigenvalue weighted by Crippen LogP contribution is -2.52. The summed E-state index contributed by atoms with van der Waals surface area (Å²) in [6, 6.07) is 9.80. The minimum atomic E-state index is -0.562. The number of ether oxygens (including phenoxy) is 3. The molecule has 2 fully saturated rings. The molecule has 1 aromatic carbocycles. The van der Waals surface area contributed by atoms with Crippen LogP contribution in [-0.4, -0.2) is 36.1 Å². The number of benzene rings is 1. The smallest absolute Gasteiger partial charge is 0.184 e. The Balaban J connectivity index is 1.69. The van der Waals surface area contributed by atoms with Crippen molar-refractivity contribution in [2.45, 2.75) is 37.1 Å². The van der Waals surface area contributed by atoms with Gasteiger partial charge in [-0.2, -0.15) is 0 Å². The summed E-state index contributed by atoms with van der Waals surface area (Å²) >= 11 is 0. The van der Waals surface area contributed by atoms with E-state index in [4.69, 9.17) is 14.2 Å². The summed E-state index contributed by atoms with van der Waals surface area (Å²) in [5.41, 5.74) is 0.987. The molecule has 0 saturated carbocycles. The minimum absolute atomic E-state index is 0.133. The van der Waals surface area contributed by atoms with Gasteiger partial charge in [0.15, 0.2) is 6.29 Å². The fourth-order valence-electron chi connectivity index (χ4n) is 2.57. The van der Waals surface area contributed by atoms with Crippen LogP contribution >= 0.6 is 0 Å². The monoisotopic (exact) mass is 262 g/mol. The van der Waals surface area contributed by atoms with Crippen molar-refractivity contribution in [2.75, 3.05) is 6.61 Å². The number of aliphatic hydroxyl groups is 1. The molecule has 19 heavy (non-hydrogen) atoms. The van der Waals surface area contributed by atoms with Gasteiger partial charge in [-0.3, -0.25) is 0 Å². The second-order valence-corrected chi connectivity index (χ2v) is 4.93. The van der Waals surface area contributed by atoms with E-state index in [9.17, 15) is 5.11 Å². The Kier molecular flexibility index (Phi) is 3.66. The largest absolute Gasteiger partial charge is 0.390 e. The van der Waals surface area contributed by atoms with E-state index < -0.39 is 6.10 Å². The second kappa shape index (κ2) is 5.43. The zero-order valence-corrected chi connectivity index (χ0v) is 10.6. The van der Waals surface area contributed by atoms with Crippen LogP contribution in [0.5, 0.6) is 0 Å². The Morgan fingerprint density at radius 2 is 1.95 bits per heavy atom. The minimum Gasteiger partial charge on any atom is -0.390 e. The highest BCUT2D eigenvalue weighted by atomic mass is 16.7. The van der Waals surface area contributed by atoms with Gasteiger partial charge in [-0.25, -0.2) is 0 Å². The first-order valence-corrected chi connectivity index (χ1v) is 6.56. The van der Waals surface area contributed by atoms with Crippen LogP contribution in [0.4, 0.5) is 0 Å². The lowest BCUT2D eigenvalue weighted by Gasteiger charge is -2.43. The average Bonchev–Trinajstić information content (AvgIpc) is 2.47. The van der Waals surface area contributed by atoms with E-state index in [2.05, 4.69) is 6.58 Å². The lowest BCUT2D eigenvalue weighted by molar-refractivity contribution is -0.296. The van der Waals surface area contributed by atoms with Crippen LogP contribution in [-0.2, 0) is 14.2 Å². The number of fused-ring (bicyclic) bond motifs is 1. The van der Waals surface area contributed by atoms with Crippen LogP contribution in [0.2, 0.25) is 0 Å². The quantitative estimate of drug-likeness (QED) is 0.826. The molecule has 0 spiro atoms. The molecule has 4 heteroatoms. The zero-order chi connectivity index (χ0) is 13.2. The van der Waals surface area contributed by atoms with Gasteiger partial charge in [0.25, 0.3) is 0 Å². The van der Waals surface area contributed by atoms with E-state index in [0.29, 0.717) is 13.0 Å². The Hall–Kier alpha value is -1.20. The number of hydrogen-bond acceptors (Lipinski definition) is 4. The maximum Gasteiger partial charge on any atom is 0.184 e. The molecular weight excluding hydrogens is 244 g/mol. The third-order valence-corrected chi connectivity index (χ3v) is 3.61. The van der Waals surface area contributed by atoms with E-state index in [0.717, 1.165) is 5.56 Å². The first-order valence-electron chi connectivity index (χ1n) is 6.56. The van der Waals surface area contributed by atoms with Crippen LogP contribution in [0.15, 0.2) is 43.0 Å². The third-order valence-electron chi connectivity index (χ3n) is 3.61. The predicted molar refractivity (Wildman–Crippen MR) is 69.5 cm³/mol. The van der Waals surface area contributed by atoms with Gasteiger partial charge in [-0.05, 0) is 0 Å². The fraction of sp³-hybridized carbons (Fsp3) is 0.467. The normalized spacial score (nSPS) is 38.5. The van der Waals surface area contributed by atoms with Gasteiger partial charge in [0, 0.05) is 12.0 Å². The van der Waals surface area contributed by atoms with Gasteiger partial charge in [-0.1, -0.05) is 36.4 Å². The molecule has 0 aromatic heterocycles. The molecule has 102 valence electrons. The van der Waals surface area contributed by atoms with Crippen molar-refractivity contribution in [3.8, 4) is 0 Å². The van der Waals surface area contributed by atoms with Gasteiger partial charge >= 0.3 is 0 Å². The molecule has 0 amide bonds. The van der Waals surface area contributed by atoms with Gasteiger partial charge in [0.1, 0.15) is 12.2 Å². The summed E-state index contributed by atoms with van der Waals surface area (Å²) in [6.45, 7) is 4.14. The SMILES string of the molecule is C=C[C@@H]1O[C@@H]2CO[C@@H](c3ccccc3)OC2C[C@H]1O. The molecule has 0 aliphatic carbocycles. The lowest BCUT2D eigenvalue weighted by atomic mass is 9.97. The van der Waals surface area contributed by atoms with Crippen LogP contribution in [0.3, 0.4) is 0 Å². The van der Waals surface area contributed by atoms with Crippen LogP contribution in [0.1, 0.15) is 18.3 Å². The maximum atomic E-state index is 9.95. The second-order valence-electron chi connectivity index (χ2n) is 4.93. The topological polar surface area (TPSA) is 47.9 Å². The van der Waals surface area contributed by atoms with Crippen molar-refractivity contribution in [3.05, 3.63) is 48.6 Å². The van der Waals surface area contributed by atoms with Crippen molar-refractivity contribution in [2.24, 2.45) is 0 Å². The van der Waals surface area contributed by atoms with E-state index in [1.54, 1.807) is 6.08 Å². The highest BCUT2D eigenvalue weighted by Gasteiger charge is 2.41. The Morgan fingerprint density at radius 3 is 2.68 bits per heavy atom. The number of aliphatic hydroxyl groups excluding tert-OH is 1. The van der Waals surface area contributed by atoms with E-state index >= 15 is 0 Å². The molecule has 2 heterocycles. The summed E-state index contributed by atoms with van der Waals surface area (Å²) in [6.07, 6.45) is 0.642. The molecule has 1 N–H and O–H groups in total. The van der Waals surface area contributed by atoms with Crippen molar-refractivity contribution >= 4 is 0 Å². The average molecular weight is 262 g/mol. The summed E-state index contributed by atoms with van der Waals surface area (Å²) in [5.74, 6) is 0. The molecule has 0 bridgehead atoms. The van der Waals surface area contributed by atoms with Crippen LogP contribution in [0, 0.1) is 0 Å². The van der Waals surface area contributed by atoms with Crippen LogP contribution in [0.25, 0.3) is 0 Å². The van der Waals surface area contributed by atoms with Gasteiger partial charge in [0.05, 0.1) is 18.8 Å². The summed E-state index contributed by atoms with van der Waals surface area (Å²) in [5, 5.41) is 9.95. The van der Waals surface area contributed by atoms with Gasteiger partial charge < -0.3 is 19.3 Å². The molecule has 2 aliphatic rings. The Morgan fingerprint density at radius 1 is 1.16 bits per heavy atom. The highest BCUT2D eigenvalue weighted by molar-refractivity contribution is 5.16. The van der Waals surface area contributed by atoms with E-state index in [1.807, 2.05) is 30.3 Å². The van der Waals surface area contributed by atoms with Gasteiger partial charge in [0.2, 0.25) is 0 Å². The molecule has 3 rings (SSSR count). The van der Waals surface area contributed by atoms with Crippen molar-refractivity contribution in [1.82, 2.24) is 0 Å². The maximum absolute atomic E-state index is 9.95. The highest BCUT2D eigenvalue weighted by Crippen LogP contribution is 2.33. The van der Waals surface area contributed by atoms with Crippen molar-refractivity contribution in [3.63, 3.8) is 0 Å². The number of hydrogen-bond donors (Lipinski definition) is 1. The molecule has 1 unspecified atom stereocenters. The summed E-state index contributed by atoms with van der Waals surface area (Å²) in [4.78, 5) is 0. The predicted octanol–water partition coefficient (Wildman–Crippen LogP) is 1.81. The summed E-state index contributed by atoms with van der Waals surface area (Å²) < 4.78 is 17.3. The molecule has 0 radical (unpaired) electrons. The zero-order valence-electron chi connectivity index (χ0n) is 10.6. The Labute approximate surface area is 112 Å². The fourth-order valence-corrected chi connectivity index (χ4v) is 2.57. The van der Waals surface area contributed by atoms with E-state index in [-0.39, 0.29) is 24.6 Å². The molecule has 5 atom stereocenters. The molecule has 1 aromatic rings. The van der Waals surface area contributed by atoms with E-state index in [1.165, 1.54) is 0 Å².